The molecule has 0 bridgehead atoms. The zero-order valence-corrected chi connectivity index (χ0v) is 17.4. The Morgan fingerprint density at radius 2 is 1.65 bits per heavy atom. The summed E-state index contributed by atoms with van der Waals surface area (Å²) in [6.07, 6.45) is 12.6. The lowest BCUT2D eigenvalue weighted by molar-refractivity contribution is -0.164. The summed E-state index contributed by atoms with van der Waals surface area (Å²) in [6, 6.07) is 0. The van der Waals surface area contributed by atoms with Gasteiger partial charge in [0, 0.05) is 18.8 Å². The molecule has 0 N–H and O–H groups in total. The van der Waals surface area contributed by atoms with Gasteiger partial charge >= 0.3 is 0 Å². The molecule has 0 aliphatic carbocycles. The predicted molar refractivity (Wildman–Crippen MR) is 101 cm³/mol. The van der Waals surface area contributed by atoms with Gasteiger partial charge in [-0.15, -0.1) is 0 Å². The van der Waals surface area contributed by atoms with Gasteiger partial charge in [0.05, 0.1) is 23.3 Å². The van der Waals surface area contributed by atoms with Crippen LogP contribution in [-0.4, -0.2) is 50.4 Å². The fraction of sp³-hybridized carbons (Fsp3) is 1.00. The van der Waals surface area contributed by atoms with Crippen molar-refractivity contribution >= 4 is 10.1 Å². The Kier molecular flexibility index (Phi) is 12.0. The van der Waals surface area contributed by atoms with Crippen LogP contribution in [0.4, 0.5) is 0 Å². The van der Waals surface area contributed by atoms with Crippen LogP contribution in [0.3, 0.4) is 0 Å². The van der Waals surface area contributed by atoms with E-state index >= 15 is 0 Å². The molecule has 1 aliphatic rings. The molecule has 1 heterocycles. The Morgan fingerprint density at radius 1 is 1.04 bits per heavy atom. The maximum absolute atomic E-state index is 10.5. The Labute approximate surface area is 159 Å². The van der Waals surface area contributed by atoms with Crippen molar-refractivity contribution in [2.24, 2.45) is 0 Å². The highest BCUT2D eigenvalue weighted by molar-refractivity contribution is 7.85. The number of unbranched alkanes of at least 4 members (excludes halogenated alkanes) is 8. The maximum atomic E-state index is 10.5. The van der Waals surface area contributed by atoms with E-state index in [1.54, 1.807) is 0 Å². The fourth-order valence-corrected chi connectivity index (χ4v) is 3.68. The minimum absolute atomic E-state index is 0.123. The molecule has 2 atom stereocenters. The highest BCUT2D eigenvalue weighted by Gasteiger charge is 2.36. The summed E-state index contributed by atoms with van der Waals surface area (Å²) in [4.78, 5) is 0. The molecule has 0 aromatic rings. The second-order valence-electron chi connectivity index (χ2n) is 7.45. The first-order valence-corrected chi connectivity index (χ1v) is 11.8. The fourth-order valence-electron chi connectivity index (χ4n) is 3.21. The SMILES string of the molecule is CCCCCCCCCCCC1(C)OCC(COCCCS(=O)(=O)[O-])O1. The molecule has 0 spiro atoms. The quantitative estimate of drug-likeness (QED) is 0.291. The molecule has 2 unspecified atom stereocenters. The van der Waals surface area contributed by atoms with Gasteiger partial charge in [-0.1, -0.05) is 58.3 Å². The van der Waals surface area contributed by atoms with Gasteiger partial charge in [0.15, 0.2) is 5.79 Å². The van der Waals surface area contributed by atoms with Crippen molar-refractivity contribution in [1.82, 2.24) is 0 Å². The lowest BCUT2D eigenvalue weighted by Crippen LogP contribution is -2.28. The number of rotatable bonds is 16. The van der Waals surface area contributed by atoms with E-state index < -0.39 is 15.9 Å². The number of hydrogen-bond donors (Lipinski definition) is 0. The number of hydrogen-bond acceptors (Lipinski definition) is 6. The standard InChI is InChI=1S/C19H38O6S/c1-3-4-5-6-7-8-9-10-11-13-19(2)24-17-18(25-19)16-23-14-12-15-26(20,21)22/h18H,3-17H2,1-2H3,(H,20,21,22)/p-1. The normalized spacial score (nSPS) is 23.6. The summed E-state index contributed by atoms with van der Waals surface area (Å²) in [6.45, 7) is 5.32. The van der Waals surface area contributed by atoms with Gasteiger partial charge in [-0.05, 0) is 19.8 Å². The summed E-state index contributed by atoms with van der Waals surface area (Å²) in [5, 5.41) is 0. The van der Waals surface area contributed by atoms with Gasteiger partial charge < -0.3 is 18.8 Å². The summed E-state index contributed by atoms with van der Waals surface area (Å²) in [5.41, 5.74) is 0. The highest BCUT2D eigenvalue weighted by atomic mass is 32.2. The third-order valence-corrected chi connectivity index (χ3v) is 5.50. The Bertz CT molecular complexity index is 453. The van der Waals surface area contributed by atoms with Gasteiger partial charge in [-0.2, -0.15) is 0 Å². The van der Waals surface area contributed by atoms with Crippen LogP contribution in [0.15, 0.2) is 0 Å². The minimum atomic E-state index is -4.15. The first-order valence-electron chi connectivity index (χ1n) is 10.2. The Balaban J connectivity index is 2.00. The monoisotopic (exact) mass is 393 g/mol. The lowest BCUT2D eigenvalue weighted by atomic mass is 10.0. The van der Waals surface area contributed by atoms with Crippen molar-refractivity contribution in [2.45, 2.75) is 96.4 Å². The van der Waals surface area contributed by atoms with Crippen LogP contribution in [0.2, 0.25) is 0 Å². The van der Waals surface area contributed by atoms with Crippen LogP contribution in [0.1, 0.15) is 84.5 Å². The van der Waals surface area contributed by atoms with Crippen LogP contribution < -0.4 is 0 Å². The second-order valence-corrected chi connectivity index (χ2v) is 8.98. The van der Waals surface area contributed by atoms with Crippen molar-refractivity contribution < 1.29 is 27.2 Å². The van der Waals surface area contributed by atoms with Gasteiger partial charge in [-0.3, -0.25) is 0 Å². The molecule has 0 amide bonds. The van der Waals surface area contributed by atoms with E-state index in [2.05, 4.69) is 6.92 Å². The molecule has 1 rings (SSSR count). The van der Waals surface area contributed by atoms with Gasteiger partial charge in [0.25, 0.3) is 0 Å². The molecule has 156 valence electrons. The average Bonchev–Trinajstić information content (AvgIpc) is 2.93. The lowest BCUT2D eigenvalue weighted by Gasteiger charge is -2.23. The van der Waals surface area contributed by atoms with E-state index in [1.807, 2.05) is 6.92 Å². The molecule has 0 saturated carbocycles. The molecule has 1 fully saturated rings. The molecule has 1 saturated heterocycles. The molecular formula is C19H37O6S-. The molecule has 0 aromatic carbocycles. The molecule has 0 radical (unpaired) electrons. The van der Waals surface area contributed by atoms with Crippen molar-refractivity contribution in [2.75, 3.05) is 25.6 Å². The molecular weight excluding hydrogens is 356 g/mol. The van der Waals surface area contributed by atoms with Crippen LogP contribution in [0.5, 0.6) is 0 Å². The summed E-state index contributed by atoms with van der Waals surface area (Å²) in [5.74, 6) is -0.918. The van der Waals surface area contributed by atoms with Crippen LogP contribution >= 0.6 is 0 Å². The summed E-state index contributed by atoms with van der Waals surface area (Å²) in [7, 11) is -4.15. The Morgan fingerprint density at radius 3 is 2.27 bits per heavy atom. The molecule has 6 nitrogen and oxygen atoms in total. The molecule has 7 heteroatoms. The average molecular weight is 394 g/mol. The first-order chi connectivity index (χ1) is 12.3. The van der Waals surface area contributed by atoms with Gasteiger partial charge in [0.2, 0.25) is 0 Å². The molecule has 26 heavy (non-hydrogen) atoms. The number of ether oxygens (including phenoxy) is 3. The van der Waals surface area contributed by atoms with E-state index in [-0.39, 0.29) is 24.9 Å². The van der Waals surface area contributed by atoms with E-state index in [4.69, 9.17) is 14.2 Å². The predicted octanol–water partition coefficient (Wildman–Crippen LogP) is 3.99. The third kappa shape index (κ3) is 12.2. The highest BCUT2D eigenvalue weighted by Crippen LogP contribution is 2.29. The van der Waals surface area contributed by atoms with E-state index in [0.717, 1.165) is 12.8 Å². The van der Waals surface area contributed by atoms with Crippen molar-refractivity contribution in [3.63, 3.8) is 0 Å². The van der Waals surface area contributed by atoms with Crippen molar-refractivity contribution in [3.05, 3.63) is 0 Å². The largest absolute Gasteiger partial charge is 0.748 e. The van der Waals surface area contributed by atoms with Gasteiger partial charge in [-0.25, -0.2) is 8.42 Å². The van der Waals surface area contributed by atoms with Crippen LogP contribution in [-0.2, 0) is 24.3 Å². The summed E-state index contributed by atoms with van der Waals surface area (Å²) < 4.78 is 48.6. The smallest absolute Gasteiger partial charge is 0.166 e. The molecule has 0 aromatic heterocycles. The maximum Gasteiger partial charge on any atom is 0.166 e. The topological polar surface area (TPSA) is 84.9 Å². The van der Waals surface area contributed by atoms with E-state index in [9.17, 15) is 13.0 Å². The molecule has 1 aliphatic heterocycles. The third-order valence-electron chi connectivity index (χ3n) is 4.71. The van der Waals surface area contributed by atoms with E-state index in [1.165, 1.54) is 51.4 Å². The van der Waals surface area contributed by atoms with Gasteiger partial charge in [0.1, 0.15) is 6.10 Å². The first kappa shape index (κ1) is 23.8. The minimum Gasteiger partial charge on any atom is -0.748 e. The van der Waals surface area contributed by atoms with Crippen LogP contribution in [0.25, 0.3) is 0 Å². The zero-order chi connectivity index (χ0) is 19.3. The Hall–Kier alpha value is -0.210. The van der Waals surface area contributed by atoms with E-state index in [0.29, 0.717) is 13.2 Å². The van der Waals surface area contributed by atoms with Crippen molar-refractivity contribution in [1.29, 1.82) is 0 Å². The summed E-state index contributed by atoms with van der Waals surface area (Å²) >= 11 is 0. The zero-order valence-electron chi connectivity index (χ0n) is 16.5. The van der Waals surface area contributed by atoms with Crippen LogP contribution in [0, 0.1) is 0 Å². The second kappa shape index (κ2) is 13.0. The van der Waals surface area contributed by atoms with Crippen molar-refractivity contribution in [3.8, 4) is 0 Å².